The molecule has 1 heterocycles. The average molecular weight is 153 g/mol. The van der Waals surface area contributed by atoms with E-state index in [9.17, 15) is 4.39 Å². The SMILES string of the molecule is CCN1\C=C/C=C/C(F)=C\C1. The lowest BCUT2D eigenvalue weighted by molar-refractivity contribution is 0.435. The zero-order valence-corrected chi connectivity index (χ0v) is 6.63. The van der Waals surface area contributed by atoms with Crippen LogP contribution in [0.2, 0.25) is 0 Å². The average Bonchev–Trinajstić information content (AvgIpc) is 1.98. The topological polar surface area (TPSA) is 3.24 Å². The van der Waals surface area contributed by atoms with Crippen LogP contribution >= 0.6 is 0 Å². The molecule has 11 heavy (non-hydrogen) atoms. The second kappa shape index (κ2) is 3.96. The molecule has 2 heteroatoms. The van der Waals surface area contributed by atoms with E-state index < -0.39 is 0 Å². The smallest absolute Gasteiger partial charge is 0.120 e. The third-order valence-corrected chi connectivity index (χ3v) is 1.59. The van der Waals surface area contributed by atoms with Gasteiger partial charge in [0.05, 0.1) is 0 Å². The van der Waals surface area contributed by atoms with Crippen molar-refractivity contribution in [1.82, 2.24) is 4.90 Å². The van der Waals surface area contributed by atoms with Crippen LogP contribution in [0.3, 0.4) is 0 Å². The van der Waals surface area contributed by atoms with E-state index in [2.05, 4.69) is 0 Å². The number of halogens is 1. The third-order valence-electron chi connectivity index (χ3n) is 1.59. The number of allylic oxidation sites excluding steroid dienone is 4. The summed E-state index contributed by atoms with van der Waals surface area (Å²) in [6.45, 7) is 3.61. The van der Waals surface area contributed by atoms with E-state index >= 15 is 0 Å². The molecule has 0 radical (unpaired) electrons. The first-order valence-electron chi connectivity index (χ1n) is 3.77. The highest BCUT2D eigenvalue weighted by Crippen LogP contribution is 2.03. The monoisotopic (exact) mass is 153 g/mol. The maximum absolute atomic E-state index is 12.6. The summed E-state index contributed by atoms with van der Waals surface area (Å²) >= 11 is 0. The van der Waals surface area contributed by atoms with Gasteiger partial charge in [-0.05, 0) is 31.4 Å². The Kier molecular flexibility index (Phi) is 2.90. The Morgan fingerprint density at radius 1 is 1.55 bits per heavy atom. The summed E-state index contributed by atoms with van der Waals surface area (Å²) in [6, 6.07) is 0. The summed E-state index contributed by atoms with van der Waals surface area (Å²) in [5, 5.41) is 0. The van der Waals surface area contributed by atoms with E-state index in [-0.39, 0.29) is 5.83 Å². The number of nitrogens with zero attached hydrogens (tertiary/aromatic N) is 1. The van der Waals surface area contributed by atoms with Crippen molar-refractivity contribution < 1.29 is 4.39 Å². The lowest BCUT2D eigenvalue weighted by Gasteiger charge is -2.15. The summed E-state index contributed by atoms with van der Waals surface area (Å²) in [6.07, 6.45) is 8.54. The second-order valence-corrected chi connectivity index (χ2v) is 2.38. The minimum atomic E-state index is -0.159. The number of hydrogen-bond donors (Lipinski definition) is 0. The molecule has 0 saturated heterocycles. The first-order valence-corrected chi connectivity index (χ1v) is 3.77. The first kappa shape index (κ1) is 8.05. The van der Waals surface area contributed by atoms with Crippen molar-refractivity contribution >= 4 is 0 Å². The molecule has 0 unspecified atom stereocenters. The Hall–Kier alpha value is -1.05. The number of hydrogen-bond acceptors (Lipinski definition) is 1. The maximum atomic E-state index is 12.6. The first-order chi connectivity index (χ1) is 5.33. The molecule has 0 aromatic carbocycles. The van der Waals surface area contributed by atoms with E-state index in [1.807, 2.05) is 24.1 Å². The molecule has 0 N–H and O–H groups in total. The molecule has 0 bridgehead atoms. The molecule has 0 saturated carbocycles. The van der Waals surface area contributed by atoms with Crippen molar-refractivity contribution in [1.29, 1.82) is 0 Å². The van der Waals surface area contributed by atoms with Crippen molar-refractivity contribution in [2.24, 2.45) is 0 Å². The highest BCUT2D eigenvalue weighted by atomic mass is 19.1. The molecule has 0 aromatic rings. The predicted octanol–water partition coefficient (Wildman–Crippen LogP) is 2.25. The van der Waals surface area contributed by atoms with Gasteiger partial charge in [0.2, 0.25) is 0 Å². The molecule has 1 nitrogen and oxygen atoms in total. The standard InChI is InChI=1S/C9H12FN/c1-2-11-7-4-3-5-9(10)6-8-11/h3-7H,2,8H2,1H3/b5-3+,7-4-,9-6+. The van der Waals surface area contributed by atoms with Crippen LogP contribution in [0.15, 0.2) is 36.3 Å². The lowest BCUT2D eigenvalue weighted by Crippen LogP contribution is -2.16. The molecule has 1 rings (SSSR count). The summed E-state index contributed by atoms with van der Waals surface area (Å²) in [4.78, 5) is 2.03. The summed E-state index contributed by atoms with van der Waals surface area (Å²) in [5.74, 6) is -0.159. The van der Waals surface area contributed by atoms with Crippen molar-refractivity contribution in [2.45, 2.75) is 6.92 Å². The van der Waals surface area contributed by atoms with E-state index in [1.54, 1.807) is 12.2 Å². The van der Waals surface area contributed by atoms with Gasteiger partial charge in [0.25, 0.3) is 0 Å². The van der Waals surface area contributed by atoms with Gasteiger partial charge in [0, 0.05) is 13.1 Å². The van der Waals surface area contributed by atoms with E-state index in [0.717, 1.165) is 6.54 Å². The van der Waals surface area contributed by atoms with Crippen LogP contribution in [-0.4, -0.2) is 18.0 Å². The Labute approximate surface area is 66.5 Å². The van der Waals surface area contributed by atoms with Gasteiger partial charge in [-0.1, -0.05) is 6.08 Å². The lowest BCUT2D eigenvalue weighted by atomic mass is 10.3. The second-order valence-electron chi connectivity index (χ2n) is 2.38. The molecule has 0 spiro atoms. The Balaban J connectivity index is 2.66. The van der Waals surface area contributed by atoms with E-state index in [1.165, 1.54) is 6.08 Å². The van der Waals surface area contributed by atoms with Crippen LogP contribution in [0, 0.1) is 0 Å². The third kappa shape index (κ3) is 2.58. The molecule has 0 amide bonds. The van der Waals surface area contributed by atoms with Gasteiger partial charge >= 0.3 is 0 Å². The highest BCUT2D eigenvalue weighted by Gasteiger charge is 1.95. The minimum absolute atomic E-state index is 0.159. The van der Waals surface area contributed by atoms with Gasteiger partial charge in [-0.2, -0.15) is 0 Å². The largest absolute Gasteiger partial charge is 0.374 e. The number of rotatable bonds is 1. The van der Waals surface area contributed by atoms with Crippen molar-refractivity contribution in [3.63, 3.8) is 0 Å². The summed E-state index contributed by atoms with van der Waals surface area (Å²) < 4.78 is 12.6. The fourth-order valence-corrected chi connectivity index (χ4v) is 0.887. The molecule has 60 valence electrons. The van der Waals surface area contributed by atoms with Gasteiger partial charge in [-0.15, -0.1) is 0 Å². The molecule has 0 aliphatic carbocycles. The molecule has 0 aromatic heterocycles. The van der Waals surface area contributed by atoms with Crippen LogP contribution in [0.1, 0.15) is 6.92 Å². The van der Waals surface area contributed by atoms with Crippen LogP contribution in [0.5, 0.6) is 0 Å². The maximum Gasteiger partial charge on any atom is 0.120 e. The quantitative estimate of drug-likeness (QED) is 0.558. The number of likely N-dealkylation sites (N-methyl/N-ethyl adjacent to an activating group) is 1. The van der Waals surface area contributed by atoms with Crippen molar-refractivity contribution in [3.05, 3.63) is 36.3 Å². The fourth-order valence-electron chi connectivity index (χ4n) is 0.887. The van der Waals surface area contributed by atoms with Crippen molar-refractivity contribution in [2.75, 3.05) is 13.1 Å². The van der Waals surface area contributed by atoms with Crippen LogP contribution in [0.25, 0.3) is 0 Å². The summed E-state index contributed by atoms with van der Waals surface area (Å²) in [5.41, 5.74) is 0. The van der Waals surface area contributed by atoms with Crippen molar-refractivity contribution in [3.8, 4) is 0 Å². The van der Waals surface area contributed by atoms with E-state index in [4.69, 9.17) is 0 Å². The Morgan fingerprint density at radius 3 is 3.09 bits per heavy atom. The zero-order chi connectivity index (χ0) is 8.10. The minimum Gasteiger partial charge on any atom is -0.374 e. The highest BCUT2D eigenvalue weighted by molar-refractivity contribution is 5.18. The molecule has 1 aliphatic rings. The Morgan fingerprint density at radius 2 is 2.36 bits per heavy atom. The van der Waals surface area contributed by atoms with Gasteiger partial charge in [-0.25, -0.2) is 4.39 Å². The summed E-state index contributed by atoms with van der Waals surface area (Å²) in [7, 11) is 0. The van der Waals surface area contributed by atoms with Crippen LogP contribution in [0.4, 0.5) is 4.39 Å². The molecule has 0 fully saturated rings. The molecular formula is C9H12FN. The predicted molar refractivity (Wildman–Crippen MR) is 44.7 cm³/mol. The van der Waals surface area contributed by atoms with E-state index in [0.29, 0.717) is 6.54 Å². The van der Waals surface area contributed by atoms with Gasteiger partial charge in [-0.3, -0.25) is 0 Å². The normalized spacial score (nSPS) is 28.2. The van der Waals surface area contributed by atoms with Crippen LogP contribution in [-0.2, 0) is 0 Å². The molecular weight excluding hydrogens is 141 g/mol. The zero-order valence-electron chi connectivity index (χ0n) is 6.63. The van der Waals surface area contributed by atoms with Gasteiger partial charge in [0.15, 0.2) is 0 Å². The van der Waals surface area contributed by atoms with Gasteiger partial charge < -0.3 is 4.90 Å². The molecule has 0 atom stereocenters. The van der Waals surface area contributed by atoms with Crippen LogP contribution < -0.4 is 0 Å². The molecule has 1 aliphatic heterocycles. The van der Waals surface area contributed by atoms with Gasteiger partial charge in [0.1, 0.15) is 5.83 Å². The Bertz CT molecular complexity index is 204. The fraction of sp³-hybridized carbons (Fsp3) is 0.333.